The van der Waals surface area contributed by atoms with Gasteiger partial charge in [0.15, 0.2) is 0 Å². The third-order valence-corrected chi connectivity index (χ3v) is 4.66. The lowest BCUT2D eigenvalue weighted by atomic mass is 9.87. The number of nitrogens with zero attached hydrogens (tertiary/aromatic N) is 1. The van der Waals surface area contributed by atoms with Crippen molar-refractivity contribution < 1.29 is 9.72 Å². The van der Waals surface area contributed by atoms with Crippen LogP contribution in [0.25, 0.3) is 0 Å². The topological polar surface area (TPSA) is 72.2 Å². The van der Waals surface area contributed by atoms with Crippen LogP contribution < -0.4 is 5.32 Å². The molecule has 0 spiro atoms. The Morgan fingerprint density at radius 1 is 1.33 bits per heavy atom. The van der Waals surface area contributed by atoms with Crippen molar-refractivity contribution >= 4 is 27.5 Å². The molecule has 21 heavy (non-hydrogen) atoms. The molecule has 1 fully saturated rings. The van der Waals surface area contributed by atoms with Crippen LogP contribution in [0.1, 0.15) is 48.9 Å². The number of carbonyl (C=O) groups is 1. The first-order chi connectivity index (χ1) is 10.1. The number of non-ortho nitro benzene ring substituents is 1. The van der Waals surface area contributed by atoms with E-state index in [0.29, 0.717) is 22.5 Å². The Morgan fingerprint density at radius 2 is 2.05 bits per heavy atom. The molecule has 1 aliphatic carbocycles. The van der Waals surface area contributed by atoms with Crippen molar-refractivity contribution in [2.75, 3.05) is 6.54 Å². The lowest BCUT2D eigenvalue weighted by Gasteiger charge is -2.21. The summed E-state index contributed by atoms with van der Waals surface area (Å²) in [6, 6.07) is 4.22. The second-order valence-electron chi connectivity index (χ2n) is 5.47. The summed E-state index contributed by atoms with van der Waals surface area (Å²) < 4.78 is 0.572. The van der Waals surface area contributed by atoms with Crippen LogP contribution in [-0.4, -0.2) is 17.4 Å². The molecule has 0 atom stereocenters. The molecular weight excluding hydrogens is 336 g/mol. The molecule has 0 saturated heterocycles. The fourth-order valence-electron chi connectivity index (χ4n) is 2.76. The SMILES string of the molecule is O=C(NCCC1CCCCC1)c1cc([N+](=O)[O-])ccc1Br. The van der Waals surface area contributed by atoms with Crippen molar-refractivity contribution in [3.63, 3.8) is 0 Å². The van der Waals surface area contributed by atoms with Crippen LogP contribution >= 0.6 is 15.9 Å². The first-order valence-electron chi connectivity index (χ1n) is 7.30. The van der Waals surface area contributed by atoms with Gasteiger partial charge in [0.1, 0.15) is 0 Å². The highest BCUT2D eigenvalue weighted by Crippen LogP contribution is 2.26. The van der Waals surface area contributed by atoms with E-state index in [9.17, 15) is 14.9 Å². The third-order valence-electron chi connectivity index (χ3n) is 3.97. The second kappa shape index (κ2) is 7.54. The van der Waals surface area contributed by atoms with Gasteiger partial charge < -0.3 is 5.32 Å². The fourth-order valence-corrected chi connectivity index (χ4v) is 3.19. The van der Waals surface area contributed by atoms with Crippen LogP contribution in [0, 0.1) is 16.0 Å². The molecule has 0 bridgehead atoms. The summed E-state index contributed by atoms with van der Waals surface area (Å²) >= 11 is 3.27. The molecule has 6 heteroatoms. The summed E-state index contributed by atoms with van der Waals surface area (Å²) in [5, 5.41) is 13.6. The van der Waals surface area contributed by atoms with Crippen LogP contribution in [0.3, 0.4) is 0 Å². The van der Waals surface area contributed by atoms with E-state index < -0.39 is 4.92 Å². The van der Waals surface area contributed by atoms with Gasteiger partial charge in [-0.1, -0.05) is 32.1 Å². The molecule has 1 saturated carbocycles. The number of nitrogens with one attached hydrogen (secondary N) is 1. The van der Waals surface area contributed by atoms with Crippen molar-refractivity contribution in [2.45, 2.75) is 38.5 Å². The monoisotopic (exact) mass is 354 g/mol. The number of amides is 1. The zero-order valence-corrected chi connectivity index (χ0v) is 13.4. The van der Waals surface area contributed by atoms with E-state index in [1.54, 1.807) is 0 Å². The molecule has 0 radical (unpaired) electrons. The number of hydrogen-bond acceptors (Lipinski definition) is 3. The number of halogens is 1. The Hall–Kier alpha value is -1.43. The molecule has 0 unspecified atom stereocenters. The van der Waals surface area contributed by atoms with E-state index in [1.165, 1.54) is 50.3 Å². The molecule has 1 aromatic carbocycles. The van der Waals surface area contributed by atoms with Crippen LogP contribution in [-0.2, 0) is 0 Å². The Balaban J connectivity index is 1.90. The zero-order valence-electron chi connectivity index (χ0n) is 11.8. The molecule has 5 nitrogen and oxygen atoms in total. The van der Waals surface area contributed by atoms with Crippen LogP contribution in [0.2, 0.25) is 0 Å². The van der Waals surface area contributed by atoms with Gasteiger partial charge in [0.05, 0.1) is 10.5 Å². The van der Waals surface area contributed by atoms with Gasteiger partial charge in [-0.15, -0.1) is 0 Å². The van der Waals surface area contributed by atoms with E-state index >= 15 is 0 Å². The Bertz CT molecular complexity index is 528. The summed E-state index contributed by atoms with van der Waals surface area (Å²) in [6.45, 7) is 0.624. The minimum atomic E-state index is -0.495. The molecule has 1 N–H and O–H groups in total. The standard InChI is InChI=1S/C15H19BrN2O3/c16-14-7-6-12(18(20)21)10-13(14)15(19)17-9-8-11-4-2-1-3-5-11/h6-7,10-11H,1-5,8-9H2,(H,17,19). The Kier molecular flexibility index (Phi) is 5.73. The molecule has 1 amide bonds. The Morgan fingerprint density at radius 3 is 2.71 bits per heavy atom. The zero-order chi connectivity index (χ0) is 15.2. The predicted molar refractivity (Wildman–Crippen MR) is 84.3 cm³/mol. The number of nitro groups is 1. The highest BCUT2D eigenvalue weighted by atomic mass is 79.9. The number of carbonyl (C=O) groups excluding carboxylic acids is 1. The van der Waals surface area contributed by atoms with E-state index in [4.69, 9.17) is 0 Å². The average molecular weight is 355 g/mol. The molecule has 1 aliphatic rings. The van der Waals surface area contributed by atoms with Gasteiger partial charge in [-0.2, -0.15) is 0 Å². The molecule has 1 aromatic rings. The minimum Gasteiger partial charge on any atom is -0.352 e. The highest BCUT2D eigenvalue weighted by molar-refractivity contribution is 9.10. The largest absolute Gasteiger partial charge is 0.352 e. The number of rotatable bonds is 5. The van der Waals surface area contributed by atoms with Crippen LogP contribution in [0.15, 0.2) is 22.7 Å². The summed E-state index contributed by atoms with van der Waals surface area (Å²) in [6.07, 6.45) is 7.37. The molecule has 0 aromatic heterocycles. The molecule has 0 aliphatic heterocycles. The molecule has 114 valence electrons. The lowest BCUT2D eigenvalue weighted by molar-refractivity contribution is -0.384. The maximum atomic E-state index is 12.1. The van der Waals surface area contributed by atoms with Crippen molar-refractivity contribution in [2.24, 2.45) is 5.92 Å². The van der Waals surface area contributed by atoms with Crippen molar-refractivity contribution in [3.05, 3.63) is 38.3 Å². The first kappa shape index (κ1) is 15.9. The number of benzene rings is 1. The summed E-state index contributed by atoms with van der Waals surface area (Å²) in [4.78, 5) is 22.4. The normalized spacial score (nSPS) is 15.7. The lowest BCUT2D eigenvalue weighted by Crippen LogP contribution is -2.26. The average Bonchev–Trinajstić information content (AvgIpc) is 2.48. The summed E-state index contributed by atoms with van der Waals surface area (Å²) in [5.74, 6) is 0.439. The van der Waals surface area contributed by atoms with Crippen LogP contribution in [0.5, 0.6) is 0 Å². The van der Waals surface area contributed by atoms with Crippen molar-refractivity contribution in [1.82, 2.24) is 5.32 Å². The van der Waals surface area contributed by atoms with Gasteiger partial charge in [-0.05, 0) is 34.3 Å². The minimum absolute atomic E-state index is 0.0735. The van der Waals surface area contributed by atoms with Gasteiger partial charge in [0.25, 0.3) is 11.6 Å². The smallest absolute Gasteiger partial charge is 0.270 e. The second-order valence-corrected chi connectivity index (χ2v) is 6.32. The van der Waals surface area contributed by atoms with Crippen LogP contribution in [0.4, 0.5) is 5.69 Å². The van der Waals surface area contributed by atoms with Gasteiger partial charge in [-0.25, -0.2) is 0 Å². The van der Waals surface area contributed by atoms with Crippen molar-refractivity contribution in [3.8, 4) is 0 Å². The summed E-state index contributed by atoms with van der Waals surface area (Å²) in [5.41, 5.74) is 0.239. The number of nitro benzene ring substituents is 1. The Labute approximate surface area is 132 Å². The van der Waals surface area contributed by atoms with Gasteiger partial charge in [-0.3, -0.25) is 14.9 Å². The summed E-state index contributed by atoms with van der Waals surface area (Å²) in [7, 11) is 0. The number of hydrogen-bond donors (Lipinski definition) is 1. The molecule has 0 heterocycles. The van der Waals surface area contributed by atoms with Gasteiger partial charge in [0.2, 0.25) is 0 Å². The van der Waals surface area contributed by atoms with E-state index in [2.05, 4.69) is 21.2 Å². The predicted octanol–water partition coefficient (Wildman–Crippen LogP) is 4.06. The van der Waals surface area contributed by atoms with Crippen molar-refractivity contribution in [1.29, 1.82) is 0 Å². The van der Waals surface area contributed by atoms with E-state index in [-0.39, 0.29) is 11.6 Å². The quantitative estimate of drug-likeness (QED) is 0.640. The fraction of sp³-hybridized carbons (Fsp3) is 0.533. The van der Waals surface area contributed by atoms with E-state index in [1.807, 2.05) is 0 Å². The first-order valence-corrected chi connectivity index (χ1v) is 8.09. The van der Waals surface area contributed by atoms with Gasteiger partial charge >= 0.3 is 0 Å². The molecular formula is C15H19BrN2O3. The maximum Gasteiger partial charge on any atom is 0.270 e. The third kappa shape index (κ3) is 4.52. The highest BCUT2D eigenvalue weighted by Gasteiger charge is 2.17. The maximum absolute atomic E-state index is 12.1. The van der Waals surface area contributed by atoms with Gasteiger partial charge in [0, 0.05) is 23.2 Å². The molecule has 2 rings (SSSR count). The van der Waals surface area contributed by atoms with E-state index in [0.717, 1.165) is 6.42 Å².